The summed E-state index contributed by atoms with van der Waals surface area (Å²) < 4.78 is 10.9. The fourth-order valence-corrected chi connectivity index (χ4v) is 3.64. The number of aromatic nitrogens is 2. The number of hydrogen-bond donors (Lipinski definition) is 2. The Labute approximate surface area is 191 Å². The van der Waals surface area contributed by atoms with Crippen molar-refractivity contribution in [2.24, 2.45) is 10.9 Å². The molecule has 166 valence electrons. The number of piperidine rings is 1. The van der Waals surface area contributed by atoms with Crippen LogP contribution in [-0.2, 0) is 16.7 Å². The van der Waals surface area contributed by atoms with E-state index in [4.69, 9.17) is 9.26 Å². The first-order chi connectivity index (χ1) is 13.4. The predicted molar refractivity (Wildman–Crippen MR) is 125 cm³/mol. The van der Waals surface area contributed by atoms with E-state index in [-0.39, 0.29) is 29.4 Å². The van der Waals surface area contributed by atoms with Crippen LogP contribution in [0, 0.1) is 5.92 Å². The quantitative estimate of drug-likeness (QED) is 0.339. The van der Waals surface area contributed by atoms with Crippen LogP contribution in [0.2, 0.25) is 0 Å². The lowest BCUT2D eigenvalue weighted by atomic mass is 9.97. The maximum atomic E-state index is 5.50. The van der Waals surface area contributed by atoms with Crippen LogP contribution in [0.5, 0.6) is 0 Å². The molecule has 0 amide bonds. The minimum absolute atomic E-state index is 0. The summed E-state index contributed by atoms with van der Waals surface area (Å²) in [5.41, 5.74) is -0.143. The third kappa shape index (κ3) is 7.67. The molecule has 0 saturated carbocycles. The summed E-state index contributed by atoms with van der Waals surface area (Å²) in [4.78, 5) is 11.7. The van der Waals surface area contributed by atoms with Crippen molar-refractivity contribution < 1.29 is 9.26 Å². The first-order valence-corrected chi connectivity index (χ1v) is 10.6. The van der Waals surface area contributed by atoms with Gasteiger partial charge in [-0.15, -0.1) is 24.0 Å². The summed E-state index contributed by atoms with van der Waals surface area (Å²) in [6.07, 6.45) is 3.48. The van der Waals surface area contributed by atoms with Gasteiger partial charge < -0.3 is 24.8 Å². The molecule has 29 heavy (non-hydrogen) atoms. The third-order valence-electron chi connectivity index (χ3n) is 5.30. The van der Waals surface area contributed by atoms with Gasteiger partial charge in [0.05, 0.1) is 6.61 Å². The predicted octanol–water partition coefficient (Wildman–Crippen LogP) is 2.54. The van der Waals surface area contributed by atoms with Crippen molar-refractivity contribution in [3.8, 4) is 0 Å². The third-order valence-corrected chi connectivity index (χ3v) is 5.30. The topological polar surface area (TPSA) is 87.8 Å². The van der Waals surface area contributed by atoms with Crippen molar-refractivity contribution in [1.29, 1.82) is 0 Å². The van der Waals surface area contributed by atoms with E-state index in [1.807, 2.05) is 0 Å². The number of halogens is 1. The van der Waals surface area contributed by atoms with E-state index >= 15 is 0 Å². The Kier molecular flexibility index (Phi) is 9.61. The van der Waals surface area contributed by atoms with Crippen LogP contribution < -0.4 is 10.6 Å². The average molecular weight is 520 g/mol. The molecule has 0 spiro atoms. The van der Waals surface area contributed by atoms with Gasteiger partial charge in [0.2, 0.25) is 5.89 Å². The van der Waals surface area contributed by atoms with E-state index in [2.05, 4.69) is 58.4 Å². The average Bonchev–Trinajstić information content (AvgIpc) is 3.33. The smallest absolute Gasteiger partial charge is 0.232 e. The number of nitrogens with zero attached hydrogens (tertiary/aromatic N) is 4. The van der Waals surface area contributed by atoms with Crippen molar-refractivity contribution >= 4 is 29.9 Å². The Morgan fingerprint density at radius 3 is 2.59 bits per heavy atom. The van der Waals surface area contributed by atoms with Crippen molar-refractivity contribution in [2.45, 2.75) is 65.0 Å². The fourth-order valence-electron chi connectivity index (χ4n) is 3.64. The Bertz CT molecular complexity index is 631. The monoisotopic (exact) mass is 520 g/mol. The molecule has 0 bridgehead atoms. The van der Waals surface area contributed by atoms with E-state index in [9.17, 15) is 0 Å². The summed E-state index contributed by atoms with van der Waals surface area (Å²) in [6, 6.07) is 0.448. The minimum atomic E-state index is -0.143. The highest BCUT2D eigenvalue weighted by Gasteiger charge is 2.24. The number of likely N-dealkylation sites (tertiary alicyclic amines) is 1. The SMILES string of the molecule is CCNC(=NCc1noc(C(C)(C)C)n1)NC1CCN(CC2CCOC2)CC1.I. The Morgan fingerprint density at radius 1 is 1.24 bits per heavy atom. The van der Waals surface area contributed by atoms with Crippen LogP contribution in [0.3, 0.4) is 0 Å². The van der Waals surface area contributed by atoms with E-state index in [1.54, 1.807) is 0 Å². The Morgan fingerprint density at radius 2 is 2.00 bits per heavy atom. The zero-order valence-corrected chi connectivity index (χ0v) is 20.6. The minimum Gasteiger partial charge on any atom is -0.381 e. The van der Waals surface area contributed by atoms with Gasteiger partial charge in [0, 0.05) is 44.2 Å². The molecule has 1 aromatic rings. The molecule has 8 nitrogen and oxygen atoms in total. The Balaban J connectivity index is 0.00000300. The molecule has 0 aliphatic carbocycles. The molecule has 9 heteroatoms. The molecule has 1 atom stereocenters. The maximum absolute atomic E-state index is 5.50. The van der Waals surface area contributed by atoms with E-state index < -0.39 is 0 Å². The van der Waals surface area contributed by atoms with Crippen LogP contribution in [0.1, 0.15) is 58.7 Å². The van der Waals surface area contributed by atoms with E-state index in [0.717, 1.165) is 57.6 Å². The first-order valence-electron chi connectivity index (χ1n) is 10.6. The van der Waals surface area contributed by atoms with Gasteiger partial charge in [-0.2, -0.15) is 4.98 Å². The van der Waals surface area contributed by atoms with Gasteiger partial charge in [-0.3, -0.25) is 0 Å². The number of nitrogens with one attached hydrogen (secondary N) is 2. The lowest BCUT2D eigenvalue weighted by Gasteiger charge is -2.34. The maximum Gasteiger partial charge on any atom is 0.232 e. The summed E-state index contributed by atoms with van der Waals surface area (Å²) in [7, 11) is 0. The molecule has 2 fully saturated rings. The molecular formula is C20H37IN6O2. The molecular weight excluding hydrogens is 483 g/mol. The molecule has 1 unspecified atom stereocenters. The number of ether oxygens (including phenoxy) is 1. The number of aliphatic imine (C=N–C) groups is 1. The summed E-state index contributed by atoms with van der Waals surface area (Å²) in [5.74, 6) is 2.81. The molecule has 3 heterocycles. The standard InChI is InChI=1S/C20H36N6O2.HI/c1-5-21-19(22-12-17-24-18(28-25-17)20(2,3)4)23-16-6-9-26(10-7-16)13-15-8-11-27-14-15;/h15-16H,5-14H2,1-4H3,(H2,21,22,23);1H. The summed E-state index contributed by atoms with van der Waals surface area (Å²) >= 11 is 0. The highest BCUT2D eigenvalue weighted by molar-refractivity contribution is 14.0. The van der Waals surface area contributed by atoms with Gasteiger partial charge in [-0.1, -0.05) is 25.9 Å². The normalized spacial score (nSPS) is 21.8. The fraction of sp³-hybridized carbons (Fsp3) is 0.850. The number of rotatable bonds is 6. The summed E-state index contributed by atoms with van der Waals surface area (Å²) in [6.45, 7) is 14.8. The van der Waals surface area contributed by atoms with Gasteiger partial charge in [0.1, 0.15) is 6.54 Å². The van der Waals surface area contributed by atoms with Crippen molar-refractivity contribution in [1.82, 2.24) is 25.7 Å². The lowest BCUT2D eigenvalue weighted by Crippen LogP contribution is -2.49. The lowest BCUT2D eigenvalue weighted by molar-refractivity contribution is 0.150. The van der Waals surface area contributed by atoms with Crippen LogP contribution in [-0.4, -0.2) is 66.4 Å². The van der Waals surface area contributed by atoms with Gasteiger partial charge in [0.15, 0.2) is 11.8 Å². The van der Waals surface area contributed by atoms with Gasteiger partial charge in [0.25, 0.3) is 0 Å². The van der Waals surface area contributed by atoms with Gasteiger partial charge in [-0.25, -0.2) is 4.99 Å². The first kappa shape index (κ1) is 24.3. The molecule has 2 saturated heterocycles. The largest absolute Gasteiger partial charge is 0.381 e. The van der Waals surface area contributed by atoms with Gasteiger partial charge >= 0.3 is 0 Å². The second kappa shape index (κ2) is 11.5. The van der Waals surface area contributed by atoms with E-state index in [1.165, 1.54) is 13.0 Å². The number of hydrogen-bond acceptors (Lipinski definition) is 6. The highest BCUT2D eigenvalue weighted by Crippen LogP contribution is 2.20. The molecule has 1 aromatic heterocycles. The van der Waals surface area contributed by atoms with Crippen molar-refractivity contribution in [3.05, 3.63) is 11.7 Å². The summed E-state index contributed by atoms with van der Waals surface area (Å²) in [5, 5.41) is 11.0. The zero-order chi connectivity index (χ0) is 20.0. The van der Waals surface area contributed by atoms with Crippen molar-refractivity contribution in [3.63, 3.8) is 0 Å². The molecule has 2 aliphatic heterocycles. The Hall–Kier alpha value is -0.940. The van der Waals surface area contributed by atoms with Crippen molar-refractivity contribution in [2.75, 3.05) is 39.4 Å². The van der Waals surface area contributed by atoms with E-state index in [0.29, 0.717) is 24.3 Å². The molecule has 3 rings (SSSR count). The molecule has 0 radical (unpaired) electrons. The molecule has 2 N–H and O–H groups in total. The van der Waals surface area contributed by atoms with Crippen LogP contribution in [0.4, 0.5) is 0 Å². The van der Waals surface area contributed by atoms with Crippen LogP contribution >= 0.6 is 24.0 Å². The number of guanidine groups is 1. The van der Waals surface area contributed by atoms with Crippen LogP contribution in [0.15, 0.2) is 9.52 Å². The second-order valence-corrected chi connectivity index (χ2v) is 8.91. The van der Waals surface area contributed by atoms with Crippen LogP contribution in [0.25, 0.3) is 0 Å². The highest BCUT2D eigenvalue weighted by atomic mass is 127. The zero-order valence-electron chi connectivity index (χ0n) is 18.2. The molecule has 0 aromatic carbocycles. The molecule has 2 aliphatic rings. The second-order valence-electron chi connectivity index (χ2n) is 8.91. The van der Waals surface area contributed by atoms with Gasteiger partial charge in [-0.05, 0) is 32.1 Å².